The lowest BCUT2D eigenvalue weighted by Gasteiger charge is -2.29. The average Bonchev–Trinajstić information content (AvgIpc) is 3.87. The first-order chi connectivity index (χ1) is 31.1. The molecule has 4 heteroatoms. The molecule has 63 heavy (non-hydrogen) atoms. The lowest BCUT2D eigenvalue weighted by molar-refractivity contribution is 0.601. The fourth-order valence-corrected chi connectivity index (χ4v) is 9.63. The number of nitrogens with zero attached hydrogens (tertiary/aromatic N) is 4. The predicted octanol–water partition coefficient (Wildman–Crippen LogP) is 15.0. The van der Waals surface area contributed by atoms with E-state index in [0.717, 1.165) is 46.0 Å². The van der Waals surface area contributed by atoms with Gasteiger partial charge in [0, 0.05) is 55.0 Å². The smallest absolute Gasteiger partial charge is 0.160 e. The highest BCUT2D eigenvalue weighted by molar-refractivity contribution is 6.12. The summed E-state index contributed by atoms with van der Waals surface area (Å²) in [5, 5.41) is 5.00. The summed E-state index contributed by atoms with van der Waals surface area (Å²) in [6, 6.07) is 74.0. The van der Waals surface area contributed by atoms with Crippen LogP contribution in [-0.2, 0) is 5.41 Å². The number of fused-ring (bicyclic) bond motifs is 6. The van der Waals surface area contributed by atoms with E-state index in [1.807, 2.05) is 12.1 Å². The minimum absolute atomic E-state index is 0.175. The van der Waals surface area contributed by atoms with Crippen molar-refractivity contribution in [1.29, 1.82) is 0 Å². The molecule has 1 atom stereocenters. The van der Waals surface area contributed by atoms with Crippen molar-refractivity contribution in [3.8, 4) is 45.0 Å². The molecule has 0 radical (unpaired) electrons. The second-order valence-corrected chi connectivity index (χ2v) is 16.9. The fourth-order valence-electron chi connectivity index (χ4n) is 9.63. The van der Waals surface area contributed by atoms with Crippen LogP contribution >= 0.6 is 0 Å². The van der Waals surface area contributed by atoms with Crippen LogP contribution in [0.4, 0.5) is 0 Å². The Balaban J connectivity index is 0.870. The molecule has 1 unspecified atom stereocenters. The molecule has 0 bridgehead atoms. The summed E-state index contributed by atoms with van der Waals surface area (Å²) in [7, 11) is 0. The van der Waals surface area contributed by atoms with E-state index in [1.54, 1.807) is 0 Å². The summed E-state index contributed by atoms with van der Waals surface area (Å²) in [4.78, 5) is 10.2. The lowest BCUT2D eigenvalue weighted by Crippen LogP contribution is -2.20. The number of para-hydroxylation sites is 3. The lowest BCUT2D eigenvalue weighted by atomic mass is 9.76. The monoisotopic (exact) mass is 806 g/mol. The molecule has 0 fully saturated rings. The van der Waals surface area contributed by atoms with Crippen molar-refractivity contribution in [2.45, 2.75) is 18.8 Å². The van der Waals surface area contributed by atoms with Crippen molar-refractivity contribution in [2.75, 3.05) is 0 Å². The van der Waals surface area contributed by atoms with Gasteiger partial charge in [-0.25, -0.2) is 9.97 Å². The first-order valence-electron chi connectivity index (χ1n) is 21.7. The topological polar surface area (TPSA) is 35.6 Å². The molecule has 0 spiro atoms. The molecule has 8 aromatic carbocycles. The molecular weight excluding hydrogens is 765 g/mol. The van der Waals surface area contributed by atoms with Gasteiger partial charge in [-0.3, -0.25) is 0 Å². The van der Waals surface area contributed by atoms with Gasteiger partial charge < -0.3 is 9.13 Å². The van der Waals surface area contributed by atoms with E-state index >= 15 is 0 Å². The van der Waals surface area contributed by atoms with Crippen molar-refractivity contribution in [3.63, 3.8) is 0 Å². The third kappa shape index (κ3) is 6.30. The van der Waals surface area contributed by atoms with Gasteiger partial charge in [-0.05, 0) is 89.8 Å². The zero-order valence-electron chi connectivity index (χ0n) is 34.9. The minimum Gasteiger partial charge on any atom is -0.309 e. The van der Waals surface area contributed by atoms with E-state index in [2.05, 4.69) is 228 Å². The summed E-state index contributed by atoms with van der Waals surface area (Å²) in [5.74, 6) is 0.745. The zero-order valence-corrected chi connectivity index (χ0v) is 34.9. The molecule has 11 aromatic rings. The maximum absolute atomic E-state index is 5.09. The van der Waals surface area contributed by atoms with Crippen LogP contribution in [0.15, 0.2) is 224 Å². The highest BCUT2D eigenvalue weighted by atomic mass is 15.0. The SMILES string of the molecule is CC1(c2ccc(-n3c4ccccc4c4cc(-c5ccc6c(c5)c5ccccc5n6-c5ccccc5)ccc43)cc2)C=CC(c2nc(-c3ccccc3)cc(-c3ccccc3)n2)=CC1. The Kier molecular flexibility index (Phi) is 8.65. The van der Waals surface area contributed by atoms with Crippen LogP contribution in [0.5, 0.6) is 0 Å². The summed E-state index contributed by atoms with van der Waals surface area (Å²) in [5.41, 5.74) is 15.7. The second-order valence-electron chi connectivity index (χ2n) is 16.9. The number of rotatable bonds is 7. The number of benzene rings is 8. The highest BCUT2D eigenvalue weighted by Crippen LogP contribution is 2.40. The Bertz CT molecular complexity index is 3520. The third-order valence-electron chi connectivity index (χ3n) is 13.0. The summed E-state index contributed by atoms with van der Waals surface area (Å²) >= 11 is 0. The van der Waals surface area contributed by atoms with Gasteiger partial charge in [-0.15, -0.1) is 0 Å². The quantitative estimate of drug-likeness (QED) is 0.161. The van der Waals surface area contributed by atoms with Crippen molar-refractivity contribution < 1.29 is 0 Å². The second kappa shape index (κ2) is 14.8. The van der Waals surface area contributed by atoms with Gasteiger partial charge in [0.15, 0.2) is 5.82 Å². The molecule has 0 aliphatic heterocycles. The van der Waals surface area contributed by atoms with E-state index < -0.39 is 0 Å². The Morgan fingerprint density at radius 2 is 0.873 bits per heavy atom. The summed E-state index contributed by atoms with van der Waals surface area (Å²) in [6.07, 6.45) is 7.68. The van der Waals surface area contributed by atoms with Gasteiger partial charge in [0.1, 0.15) is 0 Å². The van der Waals surface area contributed by atoms with Gasteiger partial charge in [0.2, 0.25) is 0 Å². The molecule has 3 aromatic heterocycles. The molecule has 1 aliphatic rings. The standard InChI is InChI=1S/C59H42N4/c1-59(35-33-42(34-36-59)58-60-52(40-15-5-2-6-16-40)39-53(61-58)41-17-7-3-8-18-41)45-27-29-47(30-28-45)63-55-24-14-12-22-49(55)51-38-44(26-32-57(51)63)43-25-31-56-50(37-43)48-21-11-13-23-54(48)62(56)46-19-9-4-10-20-46/h2-35,37-39H,36H2,1H3. The maximum Gasteiger partial charge on any atom is 0.160 e. The predicted molar refractivity (Wildman–Crippen MR) is 263 cm³/mol. The Morgan fingerprint density at radius 1 is 0.413 bits per heavy atom. The van der Waals surface area contributed by atoms with E-state index in [4.69, 9.17) is 9.97 Å². The molecule has 298 valence electrons. The van der Waals surface area contributed by atoms with E-state index in [9.17, 15) is 0 Å². The molecule has 1 aliphatic carbocycles. The largest absolute Gasteiger partial charge is 0.309 e. The first kappa shape index (κ1) is 36.7. The normalized spacial score (nSPS) is 15.1. The van der Waals surface area contributed by atoms with E-state index in [0.29, 0.717) is 0 Å². The van der Waals surface area contributed by atoms with Crippen molar-refractivity contribution in [1.82, 2.24) is 19.1 Å². The van der Waals surface area contributed by atoms with Gasteiger partial charge in [0.05, 0.1) is 33.5 Å². The Labute approximate surface area is 366 Å². The van der Waals surface area contributed by atoms with Gasteiger partial charge in [-0.2, -0.15) is 0 Å². The van der Waals surface area contributed by atoms with Crippen molar-refractivity contribution in [3.05, 3.63) is 236 Å². The van der Waals surface area contributed by atoms with E-state index in [-0.39, 0.29) is 5.41 Å². The zero-order chi connectivity index (χ0) is 41.9. The van der Waals surface area contributed by atoms with Gasteiger partial charge in [-0.1, -0.05) is 165 Å². The van der Waals surface area contributed by atoms with Crippen molar-refractivity contribution >= 4 is 49.2 Å². The fraction of sp³-hybridized carbons (Fsp3) is 0.0508. The molecule has 0 amide bonds. The summed E-state index contributed by atoms with van der Waals surface area (Å²) in [6.45, 7) is 2.32. The van der Waals surface area contributed by atoms with Crippen LogP contribution in [0, 0.1) is 0 Å². The Morgan fingerprint density at radius 3 is 1.38 bits per heavy atom. The van der Waals surface area contributed by atoms with Crippen LogP contribution in [0.1, 0.15) is 24.7 Å². The summed E-state index contributed by atoms with van der Waals surface area (Å²) < 4.78 is 4.78. The number of hydrogen-bond donors (Lipinski definition) is 0. The molecule has 12 rings (SSSR count). The van der Waals surface area contributed by atoms with Gasteiger partial charge >= 0.3 is 0 Å². The number of allylic oxidation sites excluding steroid dienone is 4. The molecule has 3 heterocycles. The molecule has 4 nitrogen and oxygen atoms in total. The van der Waals surface area contributed by atoms with Gasteiger partial charge in [0.25, 0.3) is 0 Å². The van der Waals surface area contributed by atoms with Crippen molar-refractivity contribution in [2.24, 2.45) is 0 Å². The van der Waals surface area contributed by atoms with Crippen LogP contribution in [0.25, 0.3) is 94.2 Å². The number of aromatic nitrogens is 4. The number of hydrogen-bond acceptors (Lipinski definition) is 2. The third-order valence-corrected chi connectivity index (χ3v) is 13.0. The van der Waals surface area contributed by atoms with E-state index in [1.165, 1.54) is 66.0 Å². The molecule has 0 saturated carbocycles. The highest BCUT2D eigenvalue weighted by Gasteiger charge is 2.27. The molecule has 0 saturated heterocycles. The van der Waals surface area contributed by atoms with Crippen LogP contribution in [0.2, 0.25) is 0 Å². The molecular formula is C59H42N4. The average molecular weight is 807 g/mol. The van der Waals surface area contributed by atoms with Crippen LogP contribution < -0.4 is 0 Å². The maximum atomic E-state index is 5.09. The minimum atomic E-state index is -0.175. The van der Waals surface area contributed by atoms with Crippen LogP contribution in [0.3, 0.4) is 0 Å². The first-order valence-corrected chi connectivity index (χ1v) is 21.7. The Hall–Kier alpha value is -8.08. The van der Waals surface area contributed by atoms with Crippen LogP contribution in [-0.4, -0.2) is 19.1 Å². The molecule has 0 N–H and O–H groups in total.